The third kappa shape index (κ3) is 5.81. The quantitative estimate of drug-likeness (QED) is 0.453. The molecule has 188 valence electrons. The molecule has 0 radical (unpaired) electrons. The van der Waals surface area contributed by atoms with E-state index in [0.717, 1.165) is 68.2 Å². The Hall–Kier alpha value is -2.16. The number of carbonyl (C=O) groups excluding carboxylic acids is 1. The first-order chi connectivity index (χ1) is 16.9. The zero-order chi connectivity index (χ0) is 24.4. The SMILES string of the molecule is CS(=O)(=O)c1ccc(C(=O)N[C@H]2CC[C@H](CCN3CCC(c4coc5ccccc45)CC3)CC2)s1. The van der Waals surface area contributed by atoms with Crippen LogP contribution in [0, 0.1) is 5.92 Å². The summed E-state index contributed by atoms with van der Waals surface area (Å²) in [7, 11) is -3.26. The van der Waals surface area contributed by atoms with Gasteiger partial charge >= 0.3 is 0 Å². The maximum Gasteiger partial charge on any atom is 0.261 e. The molecule has 5 rings (SSSR count). The molecule has 0 atom stereocenters. The fraction of sp³-hybridized carbons (Fsp3) is 0.519. The van der Waals surface area contributed by atoms with Gasteiger partial charge in [0, 0.05) is 23.2 Å². The summed E-state index contributed by atoms with van der Waals surface area (Å²) in [5.74, 6) is 1.16. The second kappa shape index (κ2) is 10.4. The molecule has 3 aromatic rings. The number of amides is 1. The molecule has 0 bridgehead atoms. The lowest BCUT2D eigenvalue weighted by Crippen LogP contribution is -2.38. The summed E-state index contributed by atoms with van der Waals surface area (Å²) in [6.07, 6.45) is 11.0. The summed E-state index contributed by atoms with van der Waals surface area (Å²) in [5, 5.41) is 4.38. The molecule has 2 fully saturated rings. The van der Waals surface area contributed by atoms with Crippen LogP contribution in [-0.2, 0) is 9.84 Å². The lowest BCUT2D eigenvalue weighted by molar-refractivity contribution is 0.0923. The maximum atomic E-state index is 12.5. The number of benzene rings is 1. The van der Waals surface area contributed by atoms with Crippen molar-refractivity contribution < 1.29 is 17.6 Å². The highest BCUT2D eigenvalue weighted by Gasteiger charge is 2.26. The summed E-state index contributed by atoms with van der Waals surface area (Å²) in [4.78, 5) is 15.6. The van der Waals surface area contributed by atoms with Crippen LogP contribution < -0.4 is 5.32 Å². The van der Waals surface area contributed by atoms with E-state index in [2.05, 4.69) is 22.3 Å². The molecule has 2 aliphatic rings. The second-order valence-corrected chi connectivity index (χ2v) is 13.5. The van der Waals surface area contributed by atoms with Crippen LogP contribution in [0.15, 0.2) is 51.3 Å². The van der Waals surface area contributed by atoms with Crippen molar-refractivity contribution in [2.24, 2.45) is 5.92 Å². The summed E-state index contributed by atoms with van der Waals surface area (Å²) >= 11 is 1.05. The van der Waals surface area contributed by atoms with Gasteiger partial charge < -0.3 is 14.6 Å². The Kier molecular flexibility index (Phi) is 7.32. The Balaban J connectivity index is 1.03. The van der Waals surface area contributed by atoms with E-state index in [-0.39, 0.29) is 16.2 Å². The largest absolute Gasteiger partial charge is 0.464 e. The summed E-state index contributed by atoms with van der Waals surface area (Å²) in [5.41, 5.74) is 2.36. The maximum absolute atomic E-state index is 12.5. The van der Waals surface area contributed by atoms with Crippen molar-refractivity contribution >= 4 is 38.1 Å². The van der Waals surface area contributed by atoms with Crippen molar-refractivity contribution in [3.05, 3.63) is 53.1 Å². The predicted octanol–water partition coefficient (Wildman–Crippen LogP) is 5.46. The molecule has 8 heteroatoms. The van der Waals surface area contributed by atoms with E-state index >= 15 is 0 Å². The minimum absolute atomic E-state index is 0.151. The molecule has 1 saturated carbocycles. The average Bonchev–Trinajstić information content (AvgIpc) is 3.52. The lowest BCUT2D eigenvalue weighted by Gasteiger charge is -2.34. The minimum Gasteiger partial charge on any atom is -0.464 e. The number of nitrogens with zero attached hydrogens (tertiary/aromatic N) is 1. The van der Waals surface area contributed by atoms with Crippen molar-refractivity contribution in [3.63, 3.8) is 0 Å². The highest BCUT2D eigenvalue weighted by Crippen LogP contribution is 2.35. The van der Waals surface area contributed by atoms with Gasteiger partial charge in [0.25, 0.3) is 5.91 Å². The molecular weight excluding hydrogens is 480 g/mol. The van der Waals surface area contributed by atoms with Crippen molar-refractivity contribution in [2.45, 2.75) is 61.1 Å². The van der Waals surface area contributed by atoms with Gasteiger partial charge in [0.15, 0.2) is 9.84 Å². The van der Waals surface area contributed by atoms with Crippen molar-refractivity contribution in [2.75, 3.05) is 25.9 Å². The van der Waals surface area contributed by atoms with Gasteiger partial charge in [-0.1, -0.05) is 18.2 Å². The van der Waals surface area contributed by atoms with Crippen LogP contribution in [0.25, 0.3) is 11.0 Å². The first-order valence-corrected chi connectivity index (χ1v) is 15.4. The Morgan fingerprint density at radius 1 is 1.06 bits per heavy atom. The molecule has 0 unspecified atom stereocenters. The Bertz CT molecular complexity index is 1260. The monoisotopic (exact) mass is 514 g/mol. The van der Waals surface area contributed by atoms with Crippen molar-refractivity contribution in [1.29, 1.82) is 0 Å². The third-order valence-electron chi connectivity index (χ3n) is 7.74. The smallest absolute Gasteiger partial charge is 0.261 e. The lowest BCUT2D eigenvalue weighted by atomic mass is 9.83. The summed E-state index contributed by atoms with van der Waals surface area (Å²) < 4.78 is 29.3. The fourth-order valence-corrected chi connectivity index (χ4v) is 7.47. The van der Waals surface area contributed by atoms with E-state index in [9.17, 15) is 13.2 Å². The van der Waals surface area contributed by atoms with E-state index in [1.807, 2.05) is 18.4 Å². The third-order valence-corrected chi connectivity index (χ3v) is 10.6. The minimum atomic E-state index is -3.26. The number of hydrogen-bond acceptors (Lipinski definition) is 6. The molecule has 0 spiro atoms. The van der Waals surface area contributed by atoms with Gasteiger partial charge in [-0.2, -0.15) is 0 Å². The van der Waals surface area contributed by atoms with Gasteiger partial charge in [-0.15, -0.1) is 11.3 Å². The van der Waals surface area contributed by atoms with Gasteiger partial charge in [0.05, 0.1) is 11.1 Å². The molecule has 6 nitrogen and oxygen atoms in total. The molecule has 1 amide bonds. The number of fused-ring (bicyclic) bond motifs is 1. The van der Waals surface area contributed by atoms with Crippen LogP contribution in [0.2, 0.25) is 0 Å². The van der Waals surface area contributed by atoms with Gasteiger partial charge in [-0.25, -0.2) is 8.42 Å². The highest BCUT2D eigenvalue weighted by atomic mass is 32.2. The molecule has 1 N–H and O–H groups in total. The van der Waals surface area contributed by atoms with E-state index < -0.39 is 9.84 Å². The van der Waals surface area contributed by atoms with Gasteiger partial charge in [0.1, 0.15) is 9.79 Å². The Labute approximate surface area is 211 Å². The Morgan fingerprint density at radius 2 is 1.80 bits per heavy atom. The number of likely N-dealkylation sites (tertiary alicyclic amines) is 1. The molecule has 2 aromatic heterocycles. The van der Waals surface area contributed by atoms with E-state index in [1.165, 1.54) is 42.5 Å². The van der Waals surface area contributed by atoms with E-state index in [4.69, 9.17) is 4.42 Å². The molecular formula is C27H34N2O4S2. The van der Waals surface area contributed by atoms with E-state index in [1.54, 1.807) is 6.07 Å². The number of sulfone groups is 1. The Morgan fingerprint density at radius 3 is 2.51 bits per heavy atom. The number of rotatable bonds is 7. The fourth-order valence-electron chi connectivity index (χ4n) is 5.64. The average molecular weight is 515 g/mol. The van der Waals surface area contributed by atoms with Crippen LogP contribution in [0.4, 0.5) is 0 Å². The topological polar surface area (TPSA) is 79.6 Å². The molecule has 1 aliphatic carbocycles. The van der Waals surface area contributed by atoms with Crippen LogP contribution in [0.1, 0.15) is 66.1 Å². The summed E-state index contributed by atoms with van der Waals surface area (Å²) in [6, 6.07) is 11.7. The number of hydrogen-bond donors (Lipinski definition) is 1. The highest BCUT2D eigenvalue weighted by molar-refractivity contribution is 7.92. The zero-order valence-corrected chi connectivity index (χ0v) is 21.9. The molecule has 1 aliphatic heterocycles. The first kappa shape index (κ1) is 24.5. The number of piperidine rings is 1. The molecule has 1 aromatic carbocycles. The second-order valence-electron chi connectivity index (χ2n) is 10.2. The number of nitrogens with one attached hydrogen (secondary N) is 1. The van der Waals surface area contributed by atoms with Crippen LogP contribution >= 0.6 is 11.3 Å². The number of carbonyl (C=O) groups is 1. The van der Waals surface area contributed by atoms with Gasteiger partial charge in [0.2, 0.25) is 0 Å². The van der Waals surface area contributed by atoms with Crippen molar-refractivity contribution in [3.8, 4) is 0 Å². The van der Waals surface area contributed by atoms with Crippen molar-refractivity contribution in [1.82, 2.24) is 10.2 Å². The molecule has 35 heavy (non-hydrogen) atoms. The number of thiophene rings is 1. The molecule has 3 heterocycles. The number of para-hydroxylation sites is 1. The first-order valence-electron chi connectivity index (χ1n) is 12.7. The molecule has 1 saturated heterocycles. The van der Waals surface area contributed by atoms with E-state index in [0.29, 0.717) is 10.8 Å². The van der Waals surface area contributed by atoms with Gasteiger partial charge in [-0.05, 0) is 94.6 Å². The standard InChI is InChI=1S/C27H34N2O4S2/c1-35(31,32)26-11-10-25(34-26)27(30)28-21-8-6-19(7-9-21)12-15-29-16-13-20(14-17-29)23-18-33-24-5-3-2-4-22(23)24/h2-5,10-11,18-21H,6-9,12-17H2,1H3,(H,28,30)/t19-,21-. The predicted molar refractivity (Wildman–Crippen MR) is 140 cm³/mol. The van der Waals surface area contributed by atoms with Crippen LogP contribution in [0.3, 0.4) is 0 Å². The van der Waals surface area contributed by atoms with Gasteiger partial charge in [-0.3, -0.25) is 4.79 Å². The zero-order valence-electron chi connectivity index (χ0n) is 20.2. The van der Waals surface area contributed by atoms with Crippen LogP contribution in [-0.4, -0.2) is 51.2 Å². The number of furan rings is 1. The summed E-state index contributed by atoms with van der Waals surface area (Å²) in [6.45, 7) is 3.45. The van der Waals surface area contributed by atoms with Crippen LogP contribution in [0.5, 0.6) is 0 Å². The normalized spacial score (nSPS) is 22.4.